The summed E-state index contributed by atoms with van der Waals surface area (Å²) in [6, 6.07) is 8.57. The van der Waals surface area contributed by atoms with E-state index < -0.39 is 0 Å². The Morgan fingerprint density at radius 2 is 1.96 bits per heavy atom. The molecule has 0 unspecified atom stereocenters. The molecular weight excluding hydrogens is 321 g/mol. The second kappa shape index (κ2) is 7.48. The monoisotopic (exact) mass is 343 g/mol. The number of aromatic nitrogens is 4. The zero-order chi connectivity index (χ0) is 17.8. The van der Waals surface area contributed by atoms with Crippen LogP contribution < -0.4 is 5.32 Å². The van der Waals surface area contributed by atoms with Gasteiger partial charge in [-0.3, -0.25) is 4.68 Å². The van der Waals surface area contributed by atoms with Gasteiger partial charge in [0.2, 0.25) is 0 Å². The summed E-state index contributed by atoms with van der Waals surface area (Å²) in [5.41, 5.74) is 3.64. The third-order valence-electron chi connectivity index (χ3n) is 4.28. The number of hydrogen-bond acceptors (Lipinski definition) is 4. The van der Waals surface area contributed by atoms with Crippen molar-refractivity contribution in [2.75, 3.05) is 11.9 Å². The SMILES string of the molecule is Cc1nn(CCO)c(C)c1CNc1ccnn1Cc1ccccc1F. The minimum atomic E-state index is -0.235. The number of hydrogen-bond donors (Lipinski definition) is 2. The van der Waals surface area contributed by atoms with Crippen molar-refractivity contribution in [3.8, 4) is 0 Å². The zero-order valence-electron chi connectivity index (χ0n) is 14.4. The van der Waals surface area contributed by atoms with E-state index in [1.165, 1.54) is 6.07 Å². The third-order valence-corrected chi connectivity index (χ3v) is 4.28. The van der Waals surface area contributed by atoms with Crippen molar-refractivity contribution < 1.29 is 9.50 Å². The average molecular weight is 343 g/mol. The van der Waals surface area contributed by atoms with Gasteiger partial charge in [0, 0.05) is 29.4 Å². The summed E-state index contributed by atoms with van der Waals surface area (Å²) in [5, 5.41) is 21.2. The summed E-state index contributed by atoms with van der Waals surface area (Å²) < 4.78 is 17.4. The lowest BCUT2D eigenvalue weighted by molar-refractivity contribution is 0.268. The van der Waals surface area contributed by atoms with Crippen molar-refractivity contribution in [1.29, 1.82) is 0 Å². The van der Waals surface area contributed by atoms with Crippen molar-refractivity contribution in [2.24, 2.45) is 0 Å². The maximum atomic E-state index is 13.9. The van der Waals surface area contributed by atoms with Crippen LogP contribution in [0.3, 0.4) is 0 Å². The Hall–Kier alpha value is -2.67. The summed E-state index contributed by atoms with van der Waals surface area (Å²) >= 11 is 0. The second-order valence-electron chi connectivity index (χ2n) is 5.92. The molecule has 0 saturated heterocycles. The smallest absolute Gasteiger partial charge is 0.128 e. The quantitative estimate of drug-likeness (QED) is 0.692. The van der Waals surface area contributed by atoms with Gasteiger partial charge in [0.1, 0.15) is 11.6 Å². The Bertz CT molecular complexity index is 855. The van der Waals surface area contributed by atoms with Crippen LogP contribution in [0.5, 0.6) is 0 Å². The highest BCUT2D eigenvalue weighted by molar-refractivity contribution is 5.38. The molecule has 0 aliphatic heterocycles. The van der Waals surface area contributed by atoms with Crippen LogP contribution in [0.25, 0.3) is 0 Å². The van der Waals surface area contributed by atoms with E-state index in [2.05, 4.69) is 15.5 Å². The molecule has 0 aliphatic rings. The van der Waals surface area contributed by atoms with E-state index in [-0.39, 0.29) is 12.4 Å². The molecule has 132 valence electrons. The van der Waals surface area contributed by atoms with Gasteiger partial charge in [0.15, 0.2) is 0 Å². The van der Waals surface area contributed by atoms with Crippen LogP contribution in [0.15, 0.2) is 36.5 Å². The molecule has 0 bridgehead atoms. The lowest BCUT2D eigenvalue weighted by Crippen LogP contribution is -2.11. The number of aliphatic hydroxyl groups excluding tert-OH is 1. The summed E-state index contributed by atoms with van der Waals surface area (Å²) in [5.74, 6) is 0.581. The van der Waals surface area contributed by atoms with E-state index >= 15 is 0 Å². The molecule has 0 spiro atoms. The van der Waals surface area contributed by atoms with Gasteiger partial charge < -0.3 is 10.4 Å². The first-order valence-electron chi connectivity index (χ1n) is 8.23. The van der Waals surface area contributed by atoms with Gasteiger partial charge in [-0.2, -0.15) is 10.2 Å². The van der Waals surface area contributed by atoms with Crippen LogP contribution >= 0.6 is 0 Å². The molecule has 3 rings (SSSR count). The van der Waals surface area contributed by atoms with Gasteiger partial charge in [0.05, 0.1) is 31.6 Å². The van der Waals surface area contributed by atoms with E-state index in [0.29, 0.717) is 25.2 Å². The number of benzene rings is 1. The molecule has 2 N–H and O–H groups in total. The molecule has 1 aromatic carbocycles. The first kappa shape index (κ1) is 17.2. The lowest BCUT2D eigenvalue weighted by atomic mass is 10.2. The zero-order valence-corrected chi connectivity index (χ0v) is 14.4. The third kappa shape index (κ3) is 3.71. The number of nitrogens with one attached hydrogen (secondary N) is 1. The second-order valence-corrected chi connectivity index (χ2v) is 5.92. The molecule has 2 aromatic heterocycles. The summed E-state index contributed by atoms with van der Waals surface area (Å²) in [4.78, 5) is 0. The van der Waals surface area contributed by atoms with Crippen LogP contribution in [0.2, 0.25) is 0 Å². The number of anilines is 1. The minimum absolute atomic E-state index is 0.0598. The molecule has 0 fully saturated rings. The van der Waals surface area contributed by atoms with E-state index in [1.807, 2.05) is 30.7 Å². The summed E-state index contributed by atoms with van der Waals surface area (Å²) in [6.45, 7) is 5.44. The molecule has 7 heteroatoms. The maximum Gasteiger partial charge on any atom is 0.128 e. The van der Waals surface area contributed by atoms with Crippen LogP contribution in [0.4, 0.5) is 10.2 Å². The molecule has 0 amide bonds. The highest BCUT2D eigenvalue weighted by Gasteiger charge is 2.12. The maximum absolute atomic E-state index is 13.9. The normalized spacial score (nSPS) is 11.0. The molecule has 0 radical (unpaired) electrons. The standard InChI is InChI=1S/C18H22FN5O/c1-13-16(14(2)23(22-13)9-10-25)11-20-18-7-8-21-24(18)12-15-5-3-4-6-17(15)19/h3-8,20,25H,9-12H2,1-2H3. The fraction of sp³-hybridized carbons (Fsp3) is 0.333. The summed E-state index contributed by atoms with van der Waals surface area (Å²) in [6.07, 6.45) is 1.69. The molecule has 0 aliphatic carbocycles. The Morgan fingerprint density at radius 1 is 1.16 bits per heavy atom. The van der Waals surface area contributed by atoms with Gasteiger partial charge in [-0.15, -0.1) is 0 Å². The predicted molar refractivity (Wildman–Crippen MR) is 93.8 cm³/mol. The number of aliphatic hydroxyl groups is 1. The van der Waals surface area contributed by atoms with Crippen molar-refractivity contribution >= 4 is 5.82 Å². The van der Waals surface area contributed by atoms with Crippen molar-refractivity contribution in [1.82, 2.24) is 19.6 Å². The van der Waals surface area contributed by atoms with Gasteiger partial charge in [0.25, 0.3) is 0 Å². The number of halogens is 1. The highest BCUT2D eigenvalue weighted by Crippen LogP contribution is 2.17. The number of aryl methyl sites for hydroxylation is 1. The molecular formula is C18H22FN5O. The Morgan fingerprint density at radius 3 is 2.72 bits per heavy atom. The first-order chi connectivity index (χ1) is 12.1. The van der Waals surface area contributed by atoms with E-state index in [4.69, 9.17) is 5.11 Å². The molecule has 0 atom stereocenters. The Balaban J connectivity index is 1.73. The first-order valence-corrected chi connectivity index (χ1v) is 8.23. The van der Waals surface area contributed by atoms with Crippen molar-refractivity contribution in [3.05, 3.63) is 64.9 Å². The molecule has 3 aromatic rings. The van der Waals surface area contributed by atoms with Crippen LogP contribution in [-0.4, -0.2) is 31.3 Å². The van der Waals surface area contributed by atoms with Gasteiger partial charge in [-0.25, -0.2) is 9.07 Å². The molecule has 0 saturated carbocycles. The van der Waals surface area contributed by atoms with Gasteiger partial charge >= 0.3 is 0 Å². The fourth-order valence-electron chi connectivity index (χ4n) is 2.88. The predicted octanol–water partition coefficient (Wildman–Crippen LogP) is 2.49. The molecule has 6 nitrogen and oxygen atoms in total. The average Bonchev–Trinajstić information content (AvgIpc) is 3.13. The van der Waals surface area contributed by atoms with Gasteiger partial charge in [-0.1, -0.05) is 18.2 Å². The van der Waals surface area contributed by atoms with E-state index in [0.717, 1.165) is 22.8 Å². The van der Waals surface area contributed by atoms with Crippen molar-refractivity contribution in [3.63, 3.8) is 0 Å². The van der Waals surface area contributed by atoms with Gasteiger partial charge in [-0.05, 0) is 19.9 Å². The van der Waals surface area contributed by atoms with Crippen LogP contribution in [-0.2, 0) is 19.6 Å². The highest BCUT2D eigenvalue weighted by atomic mass is 19.1. The number of rotatable bonds is 7. The summed E-state index contributed by atoms with van der Waals surface area (Å²) in [7, 11) is 0. The molecule has 25 heavy (non-hydrogen) atoms. The Labute approximate surface area is 145 Å². The van der Waals surface area contributed by atoms with Crippen LogP contribution in [0, 0.1) is 19.7 Å². The fourth-order valence-corrected chi connectivity index (χ4v) is 2.88. The lowest BCUT2D eigenvalue weighted by Gasteiger charge is -2.11. The van der Waals surface area contributed by atoms with E-state index in [9.17, 15) is 4.39 Å². The molecule has 2 heterocycles. The van der Waals surface area contributed by atoms with Crippen LogP contribution in [0.1, 0.15) is 22.5 Å². The van der Waals surface area contributed by atoms with Crippen molar-refractivity contribution in [2.45, 2.75) is 33.5 Å². The number of nitrogens with zero attached hydrogens (tertiary/aromatic N) is 4. The Kier molecular flexibility index (Phi) is 5.14. The van der Waals surface area contributed by atoms with E-state index in [1.54, 1.807) is 23.0 Å². The topological polar surface area (TPSA) is 67.9 Å². The minimum Gasteiger partial charge on any atom is -0.394 e. The largest absolute Gasteiger partial charge is 0.394 e.